The second-order valence-corrected chi connectivity index (χ2v) is 5.85. The van der Waals surface area contributed by atoms with Gasteiger partial charge < -0.3 is 13.9 Å². The zero-order valence-electron chi connectivity index (χ0n) is 13.4. The minimum Gasteiger partial charge on any atom is -0.460 e. The lowest BCUT2D eigenvalue weighted by molar-refractivity contribution is -0.137. The molecule has 6 heteroatoms. The van der Waals surface area contributed by atoms with E-state index >= 15 is 0 Å². The monoisotopic (exact) mass is 305 g/mol. The molecule has 0 saturated carbocycles. The summed E-state index contributed by atoms with van der Waals surface area (Å²) in [6, 6.07) is 3.24. The Kier molecular flexibility index (Phi) is 4.21. The van der Waals surface area contributed by atoms with Gasteiger partial charge in [0.1, 0.15) is 11.1 Å². The largest absolute Gasteiger partial charge is 0.460 e. The molecule has 0 atom stereocenters. The van der Waals surface area contributed by atoms with E-state index in [9.17, 15) is 9.59 Å². The number of carbonyl (C=O) groups is 2. The van der Waals surface area contributed by atoms with Crippen LogP contribution in [0.1, 0.15) is 43.6 Å². The highest BCUT2D eigenvalue weighted by Gasteiger charge is 2.25. The molecule has 0 aliphatic heterocycles. The van der Waals surface area contributed by atoms with Gasteiger partial charge in [-0.05, 0) is 46.2 Å². The summed E-state index contributed by atoms with van der Waals surface area (Å²) in [6.45, 7) is 9.19. The highest BCUT2D eigenvalue weighted by Crippen LogP contribution is 2.29. The molecular formula is C16H19NO5. The van der Waals surface area contributed by atoms with Crippen molar-refractivity contribution in [2.24, 2.45) is 0 Å². The summed E-state index contributed by atoms with van der Waals surface area (Å²) in [5, 5.41) is 0. The van der Waals surface area contributed by atoms with Gasteiger partial charge >= 0.3 is 12.0 Å². The molecule has 0 unspecified atom stereocenters. The standard InChI is InChI=1S/C16H19NO5/c1-6-20-14(19)12(18)10-8-7-9(2)11-13(10)21-15(17-11)22-16(3,4)5/h7-8H,6H2,1-5H3. The van der Waals surface area contributed by atoms with Gasteiger partial charge in [0.05, 0.1) is 12.2 Å². The molecule has 0 spiro atoms. The van der Waals surface area contributed by atoms with E-state index in [2.05, 4.69) is 4.98 Å². The van der Waals surface area contributed by atoms with Crippen LogP contribution >= 0.6 is 0 Å². The number of benzene rings is 1. The van der Waals surface area contributed by atoms with Gasteiger partial charge in [-0.1, -0.05) is 6.07 Å². The molecule has 0 N–H and O–H groups in total. The molecule has 1 heterocycles. The lowest BCUT2D eigenvalue weighted by atomic mass is 10.1. The summed E-state index contributed by atoms with van der Waals surface area (Å²) in [5.41, 5.74) is 1.19. The summed E-state index contributed by atoms with van der Waals surface area (Å²) in [6.07, 6.45) is 0.0645. The fourth-order valence-electron chi connectivity index (χ4n) is 1.90. The maximum Gasteiger partial charge on any atom is 0.395 e. The summed E-state index contributed by atoms with van der Waals surface area (Å²) in [7, 11) is 0. The molecule has 22 heavy (non-hydrogen) atoms. The summed E-state index contributed by atoms with van der Waals surface area (Å²) in [5.74, 6) is -1.67. The average molecular weight is 305 g/mol. The second kappa shape index (κ2) is 5.79. The van der Waals surface area contributed by atoms with Crippen molar-refractivity contribution in [3.63, 3.8) is 0 Å². The molecule has 118 valence electrons. The fourth-order valence-corrected chi connectivity index (χ4v) is 1.90. The number of ketones is 1. The molecule has 0 bridgehead atoms. The predicted molar refractivity (Wildman–Crippen MR) is 80.1 cm³/mol. The molecule has 1 aromatic carbocycles. The molecule has 2 aromatic rings. The van der Waals surface area contributed by atoms with E-state index in [1.807, 2.05) is 27.7 Å². The first kappa shape index (κ1) is 16.0. The van der Waals surface area contributed by atoms with Crippen molar-refractivity contribution in [3.8, 4) is 6.08 Å². The van der Waals surface area contributed by atoms with E-state index in [1.54, 1.807) is 13.0 Å². The molecule has 0 fully saturated rings. The van der Waals surface area contributed by atoms with Gasteiger partial charge in [0.2, 0.25) is 0 Å². The number of Topliss-reactive ketones (excluding diaryl/α,β-unsaturated/α-hetero) is 1. The number of ether oxygens (including phenoxy) is 2. The van der Waals surface area contributed by atoms with Crippen LogP contribution in [0, 0.1) is 6.92 Å². The van der Waals surface area contributed by atoms with Crippen molar-refractivity contribution in [2.45, 2.75) is 40.2 Å². The lowest BCUT2D eigenvalue weighted by Crippen LogP contribution is -2.23. The fraction of sp³-hybridized carbons (Fsp3) is 0.438. The number of esters is 1. The van der Waals surface area contributed by atoms with E-state index in [1.165, 1.54) is 6.07 Å². The van der Waals surface area contributed by atoms with Crippen molar-refractivity contribution >= 4 is 22.9 Å². The van der Waals surface area contributed by atoms with Gasteiger partial charge in [-0.25, -0.2) is 4.79 Å². The van der Waals surface area contributed by atoms with E-state index in [4.69, 9.17) is 13.9 Å². The van der Waals surface area contributed by atoms with Gasteiger partial charge in [0, 0.05) is 0 Å². The van der Waals surface area contributed by atoms with Crippen LogP contribution in [-0.4, -0.2) is 28.9 Å². The topological polar surface area (TPSA) is 78.6 Å². The van der Waals surface area contributed by atoms with Crippen LogP contribution in [0.15, 0.2) is 16.5 Å². The Morgan fingerprint density at radius 3 is 2.55 bits per heavy atom. The Morgan fingerprint density at radius 1 is 1.27 bits per heavy atom. The van der Waals surface area contributed by atoms with Crippen molar-refractivity contribution in [3.05, 3.63) is 23.3 Å². The van der Waals surface area contributed by atoms with Gasteiger partial charge in [0.15, 0.2) is 5.58 Å². The van der Waals surface area contributed by atoms with Crippen molar-refractivity contribution < 1.29 is 23.5 Å². The summed E-state index contributed by atoms with van der Waals surface area (Å²) >= 11 is 0. The van der Waals surface area contributed by atoms with Crippen LogP contribution in [0.4, 0.5) is 0 Å². The number of hydrogen-bond acceptors (Lipinski definition) is 6. The lowest BCUT2D eigenvalue weighted by Gasteiger charge is -2.17. The average Bonchev–Trinajstić information content (AvgIpc) is 2.80. The van der Waals surface area contributed by atoms with Crippen LogP contribution in [0.5, 0.6) is 6.08 Å². The first-order chi connectivity index (χ1) is 10.2. The number of fused-ring (bicyclic) bond motifs is 1. The highest BCUT2D eigenvalue weighted by molar-refractivity contribution is 6.42. The zero-order valence-corrected chi connectivity index (χ0v) is 13.4. The van der Waals surface area contributed by atoms with Gasteiger partial charge in [0.25, 0.3) is 5.78 Å². The van der Waals surface area contributed by atoms with Crippen LogP contribution in [0.3, 0.4) is 0 Å². The number of oxazole rings is 1. The molecule has 0 saturated heterocycles. The third-order valence-corrected chi connectivity index (χ3v) is 2.82. The Hall–Kier alpha value is -2.37. The minimum atomic E-state index is -0.914. The first-order valence-electron chi connectivity index (χ1n) is 7.03. The first-order valence-corrected chi connectivity index (χ1v) is 7.03. The minimum absolute atomic E-state index is 0.0645. The van der Waals surface area contributed by atoms with Gasteiger partial charge in [-0.15, -0.1) is 0 Å². The highest BCUT2D eigenvalue weighted by atomic mass is 16.6. The van der Waals surface area contributed by atoms with E-state index < -0.39 is 17.4 Å². The third-order valence-electron chi connectivity index (χ3n) is 2.82. The Bertz CT molecular complexity index is 724. The maximum absolute atomic E-state index is 12.2. The van der Waals surface area contributed by atoms with Crippen LogP contribution in [0.2, 0.25) is 0 Å². The summed E-state index contributed by atoms with van der Waals surface area (Å²) < 4.78 is 15.9. The number of nitrogens with zero attached hydrogens (tertiary/aromatic N) is 1. The van der Waals surface area contributed by atoms with Crippen LogP contribution < -0.4 is 4.74 Å². The van der Waals surface area contributed by atoms with E-state index in [0.717, 1.165) is 5.56 Å². The number of aryl methyl sites for hydroxylation is 1. The number of aromatic nitrogens is 1. The van der Waals surface area contributed by atoms with Gasteiger partial charge in [-0.3, -0.25) is 4.79 Å². The molecule has 0 aliphatic rings. The quantitative estimate of drug-likeness (QED) is 0.491. The number of hydrogen-bond donors (Lipinski definition) is 0. The van der Waals surface area contributed by atoms with Crippen LogP contribution in [-0.2, 0) is 9.53 Å². The van der Waals surface area contributed by atoms with Crippen molar-refractivity contribution in [1.82, 2.24) is 4.98 Å². The molecule has 0 aliphatic carbocycles. The molecule has 0 amide bonds. The number of rotatable bonds is 4. The zero-order chi connectivity index (χ0) is 16.5. The SMILES string of the molecule is CCOC(=O)C(=O)c1ccc(C)c2nc(OC(C)(C)C)oc12. The molecular weight excluding hydrogens is 286 g/mol. The van der Waals surface area contributed by atoms with Crippen LogP contribution in [0.25, 0.3) is 11.1 Å². The predicted octanol–water partition coefficient (Wildman–Crippen LogP) is 3.06. The number of carbonyl (C=O) groups excluding carboxylic acids is 2. The molecule has 0 radical (unpaired) electrons. The molecule has 1 aromatic heterocycles. The molecule has 6 nitrogen and oxygen atoms in total. The van der Waals surface area contributed by atoms with Crippen molar-refractivity contribution in [1.29, 1.82) is 0 Å². The third kappa shape index (κ3) is 3.27. The van der Waals surface area contributed by atoms with E-state index in [0.29, 0.717) is 5.52 Å². The second-order valence-electron chi connectivity index (χ2n) is 5.85. The Balaban J connectivity index is 2.50. The Labute approximate surface area is 128 Å². The normalized spacial score (nSPS) is 11.5. The maximum atomic E-state index is 12.2. The van der Waals surface area contributed by atoms with Crippen molar-refractivity contribution in [2.75, 3.05) is 6.61 Å². The smallest absolute Gasteiger partial charge is 0.395 e. The Morgan fingerprint density at radius 2 is 1.95 bits per heavy atom. The summed E-state index contributed by atoms with van der Waals surface area (Å²) in [4.78, 5) is 28.0. The van der Waals surface area contributed by atoms with Gasteiger partial charge in [-0.2, -0.15) is 4.98 Å². The molecule has 2 rings (SSSR count). The van der Waals surface area contributed by atoms with E-state index in [-0.39, 0.29) is 23.8 Å².